The van der Waals surface area contributed by atoms with Gasteiger partial charge in [-0.3, -0.25) is 0 Å². The molecule has 0 unspecified atom stereocenters. The van der Waals surface area contributed by atoms with Gasteiger partial charge in [-0.15, -0.1) is 0 Å². The minimum atomic E-state index is 0.875. The minimum Gasteiger partial charge on any atom is -0.456 e. The molecule has 0 aliphatic rings. The highest BCUT2D eigenvalue weighted by atomic mass is 16.3. The number of hydrogen-bond donors (Lipinski definition) is 0. The van der Waals surface area contributed by atoms with E-state index in [9.17, 15) is 0 Å². The largest absolute Gasteiger partial charge is 0.456 e. The molecule has 0 saturated heterocycles. The van der Waals surface area contributed by atoms with Gasteiger partial charge in [0.1, 0.15) is 16.7 Å². The highest BCUT2D eigenvalue weighted by molar-refractivity contribution is 6.19. The predicted molar refractivity (Wildman–Crippen MR) is 241 cm³/mol. The number of nitrogens with zero attached hydrogens (tertiary/aromatic N) is 2. The van der Waals surface area contributed by atoms with Crippen molar-refractivity contribution in [2.75, 3.05) is 0 Å². The molecule has 58 heavy (non-hydrogen) atoms. The van der Waals surface area contributed by atoms with E-state index < -0.39 is 0 Å². The van der Waals surface area contributed by atoms with Crippen molar-refractivity contribution in [1.82, 2.24) is 9.13 Å². The van der Waals surface area contributed by atoms with E-state index >= 15 is 0 Å². The Morgan fingerprint density at radius 3 is 1.72 bits per heavy atom. The highest BCUT2D eigenvalue weighted by Gasteiger charge is 2.24. The maximum Gasteiger partial charge on any atom is 0.159 e. The molecule has 4 nitrogen and oxygen atoms in total. The quantitative estimate of drug-likeness (QED) is 0.180. The van der Waals surface area contributed by atoms with Gasteiger partial charge in [-0.05, 0) is 83.4 Å². The molecule has 4 heterocycles. The smallest absolute Gasteiger partial charge is 0.159 e. The summed E-state index contributed by atoms with van der Waals surface area (Å²) in [5.74, 6) is 0. The van der Waals surface area contributed by atoms with Crippen LogP contribution in [0.25, 0.3) is 121 Å². The van der Waals surface area contributed by atoms with Gasteiger partial charge in [0.2, 0.25) is 0 Å². The number of rotatable bonds is 4. The zero-order chi connectivity index (χ0) is 37.9. The second-order valence-corrected chi connectivity index (χ2v) is 15.2. The molecule has 0 bridgehead atoms. The van der Waals surface area contributed by atoms with Crippen LogP contribution in [0, 0.1) is 0 Å². The first-order valence-electron chi connectivity index (χ1n) is 19.8. The van der Waals surface area contributed by atoms with Crippen LogP contribution < -0.4 is 0 Å². The lowest BCUT2D eigenvalue weighted by Crippen LogP contribution is -1.97. The van der Waals surface area contributed by atoms with Gasteiger partial charge in [-0.25, -0.2) is 0 Å². The van der Waals surface area contributed by atoms with E-state index in [0.29, 0.717) is 0 Å². The standard InChI is InChI=1S/C54H32N2O2/c1-2-14-34(15-3-1)55-46-23-8-5-17-36(46)44-31-43(42(32-49(44)55)33-28-29-52-45(30-33)38-19-7-10-26-50(38)57-52)40-21-12-20-39-35-16-4-9-24-47(35)56(53(39)40)48-25-13-22-41-37-18-6-11-27-51(37)58-54(41)48/h1-32H. The molecule has 0 aliphatic heterocycles. The molecule has 0 spiro atoms. The Kier molecular flexibility index (Phi) is 6.41. The van der Waals surface area contributed by atoms with Gasteiger partial charge in [0.05, 0.1) is 27.8 Å². The number of aromatic nitrogens is 2. The van der Waals surface area contributed by atoms with Gasteiger partial charge in [-0.2, -0.15) is 0 Å². The van der Waals surface area contributed by atoms with Crippen molar-refractivity contribution >= 4 is 87.5 Å². The summed E-state index contributed by atoms with van der Waals surface area (Å²) in [5.41, 5.74) is 14.8. The van der Waals surface area contributed by atoms with Crippen molar-refractivity contribution in [3.63, 3.8) is 0 Å². The lowest BCUT2D eigenvalue weighted by atomic mass is 9.90. The molecule has 0 atom stereocenters. The van der Waals surface area contributed by atoms with E-state index in [-0.39, 0.29) is 0 Å². The summed E-state index contributed by atoms with van der Waals surface area (Å²) in [6, 6.07) is 69.7. The first kappa shape index (κ1) is 31.4. The van der Waals surface area contributed by atoms with Crippen molar-refractivity contribution in [1.29, 1.82) is 0 Å². The van der Waals surface area contributed by atoms with Crippen LogP contribution in [-0.2, 0) is 0 Å². The molecular formula is C54H32N2O2. The van der Waals surface area contributed by atoms with E-state index in [1.54, 1.807) is 0 Å². The molecule has 4 aromatic heterocycles. The Morgan fingerprint density at radius 1 is 0.310 bits per heavy atom. The zero-order valence-electron chi connectivity index (χ0n) is 31.2. The molecule has 13 rings (SSSR count). The molecule has 9 aromatic carbocycles. The fourth-order valence-electron chi connectivity index (χ4n) is 9.62. The Bertz CT molecular complexity index is 3800. The van der Waals surface area contributed by atoms with E-state index in [0.717, 1.165) is 94.1 Å². The van der Waals surface area contributed by atoms with Gasteiger partial charge >= 0.3 is 0 Å². The average Bonchev–Trinajstić information content (AvgIpc) is 4.04. The molecule has 4 heteroatoms. The van der Waals surface area contributed by atoms with E-state index in [4.69, 9.17) is 8.83 Å². The summed E-state index contributed by atoms with van der Waals surface area (Å²) in [7, 11) is 0. The second kappa shape index (κ2) is 11.8. The summed E-state index contributed by atoms with van der Waals surface area (Å²) >= 11 is 0. The molecular weight excluding hydrogens is 709 g/mol. The molecule has 0 N–H and O–H groups in total. The maximum atomic E-state index is 6.73. The number of benzene rings is 9. The third-order valence-electron chi connectivity index (χ3n) is 12.1. The first-order chi connectivity index (χ1) is 28.8. The van der Waals surface area contributed by atoms with Crippen LogP contribution in [0.1, 0.15) is 0 Å². The zero-order valence-corrected chi connectivity index (χ0v) is 31.2. The van der Waals surface area contributed by atoms with Crippen molar-refractivity contribution in [2.45, 2.75) is 0 Å². The predicted octanol–water partition coefficient (Wildman–Crippen LogP) is 15.0. The third-order valence-corrected chi connectivity index (χ3v) is 12.1. The maximum absolute atomic E-state index is 6.73. The summed E-state index contributed by atoms with van der Waals surface area (Å²) in [4.78, 5) is 0. The fourth-order valence-corrected chi connectivity index (χ4v) is 9.62. The number of para-hydroxylation sites is 7. The first-order valence-corrected chi connectivity index (χ1v) is 19.8. The van der Waals surface area contributed by atoms with Crippen LogP contribution in [0.5, 0.6) is 0 Å². The Labute approximate surface area is 332 Å². The molecule has 0 amide bonds. The molecule has 0 aliphatic carbocycles. The Balaban J connectivity index is 1.19. The molecule has 0 radical (unpaired) electrons. The van der Waals surface area contributed by atoms with Gasteiger partial charge in [0, 0.05) is 54.3 Å². The molecule has 270 valence electrons. The third kappa shape index (κ3) is 4.34. The molecule has 0 saturated carbocycles. The van der Waals surface area contributed by atoms with Crippen molar-refractivity contribution < 1.29 is 8.83 Å². The lowest BCUT2D eigenvalue weighted by Gasteiger charge is -2.17. The monoisotopic (exact) mass is 740 g/mol. The van der Waals surface area contributed by atoms with E-state index in [1.165, 1.54) is 27.1 Å². The number of furan rings is 2. The van der Waals surface area contributed by atoms with Crippen LogP contribution in [0.3, 0.4) is 0 Å². The van der Waals surface area contributed by atoms with Crippen LogP contribution >= 0.6 is 0 Å². The molecule has 13 aromatic rings. The molecule has 0 fully saturated rings. The minimum absolute atomic E-state index is 0.875. The fraction of sp³-hybridized carbons (Fsp3) is 0. The summed E-state index contributed by atoms with van der Waals surface area (Å²) < 4.78 is 17.9. The van der Waals surface area contributed by atoms with E-state index in [2.05, 4.69) is 185 Å². The SMILES string of the molecule is c1ccc(-n2c3ccccc3c3cc(-c4cccc5c6ccccc6n(-c6cccc7c6oc6ccccc67)c45)c(-c4ccc5oc6ccccc6c5c4)cc32)cc1. The van der Waals surface area contributed by atoms with Crippen LogP contribution in [-0.4, -0.2) is 9.13 Å². The van der Waals surface area contributed by atoms with Gasteiger partial charge in [0.25, 0.3) is 0 Å². The number of fused-ring (bicyclic) bond motifs is 12. The van der Waals surface area contributed by atoms with Crippen molar-refractivity contribution in [3.05, 3.63) is 194 Å². The van der Waals surface area contributed by atoms with Gasteiger partial charge in [0.15, 0.2) is 5.58 Å². The average molecular weight is 741 g/mol. The van der Waals surface area contributed by atoms with Crippen LogP contribution in [0.2, 0.25) is 0 Å². The van der Waals surface area contributed by atoms with Gasteiger partial charge < -0.3 is 18.0 Å². The summed E-state index contributed by atoms with van der Waals surface area (Å²) in [5, 5.41) is 9.24. The van der Waals surface area contributed by atoms with Crippen molar-refractivity contribution in [2.24, 2.45) is 0 Å². The Morgan fingerprint density at radius 2 is 0.914 bits per heavy atom. The van der Waals surface area contributed by atoms with Crippen LogP contribution in [0.4, 0.5) is 0 Å². The van der Waals surface area contributed by atoms with Gasteiger partial charge in [-0.1, -0.05) is 127 Å². The summed E-state index contributed by atoms with van der Waals surface area (Å²) in [6.07, 6.45) is 0. The lowest BCUT2D eigenvalue weighted by molar-refractivity contribution is 0.666. The van der Waals surface area contributed by atoms with E-state index in [1.807, 2.05) is 18.2 Å². The highest BCUT2D eigenvalue weighted by Crippen LogP contribution is 2.47. The normalized spacial score (nSPS) is 12.1. The van der Waals surface area contributed by atoms with Crippen LogP contribution in [0.15, 0.2) is 203 Å². The topological polar surface area (TPSA) is 36.1 Å². The number of hydrogen-bond acceptors (Lipinski definition) is 2. The second-order valence-electron chi connectivity index (χ2n) is 15.2. The summed E-state index contributed by atoms with van der Waals surface area (Å²) in [6.45, 7) is 0. The van der Waals surface area contributed by atoms with Crippen molar-refractivity contribution in [3.8, 4) is 33.6 Å². The Hall–Kier alpha value is -7.82.